The molecule has 0 spiro atoms. The summed E-state index contributed by atoms with van der Waals surface area (Å²) in [5, 5.41) is 0. The summed E-state index contributed by atoms with van der Waals surface area (Å²) in [5.74, 6) is 0. The predicted molar refractivity (Wildman–Crippen MR) is 55.4 cm³/mol. The van der Waals surface area contributed by atoms with E-state index in [0.29, 0.717) is 0 Å². The number of hydrogen-bond donors (Lipinski definition) is 0. The molecule has 1 aromatic carbocycles. The van der Waals surface area contributed by atoms with Crippen LogP contribution in [0.5, 0.6) is 0 Å². The standard InChI is InChI=1S/C12H14O3/c1-2-10-8-11(15-12(13)14-10)9-6-4-3-5-7-9/h3-7,10-11H,2,8H2,1H3. The Balaban J connectivity index is 2.12. The van der Waals surface area contributed by atoms with Gasteiger partial charge in [-0.15, -0.1) is 0 Å². The van der Waals surface area contributed by atoms with Gasteiger partial charge in [0.15, 0.2) is 0 Å². The minimum Gasteiger partial charge on any atom is -0.431 e. The highest BCUT2D eigenvalue weighted by Crippen LogP contribution is 2.29. The quantitative estimate of drug-likeness (QED) is 0.697. The second-order valence-corrected chi connectivity index (χ2v) is 3.65. The predicted octanol–water partition coefficient (Wildman–Crippen LogP) is 3.06. The van der Waals surface area contributed by atoms with Crippen molar-refractivity contribution < 1.29 is 14.3 Å². The van der Waals surface area contributed by atoms with Gasteiger partial charge in [-0.05, 0) is 12.0 Å². The molecule has 1 fully saturated rings. The van der Waals surface area contributed by atoms with E-state index in [1.54, 1.807) is 0 Å². The SMILES string of the molecule is CCC1CC(c2ccccc2)OC(=O)O1. The van der Waals surface area contributed by atoms with Gasteiger partial charge in [-0.2, -0.15) is 0 Å². The van der Waals surface area contributed by atoms with Crippen LogP contribution in [-0.2, 0) is 9.47 Å². The van der Waals surface area contributed by atoms with Crippen LogP contribution in [0.4, 0.5) is 4.79 Å². The fraction of sp³-hybridized carbons (Fsp3) is 0.417. The summed E-state index contributed by atoms with van der Waals surface area (Å²) in [5.41, 5.74) is 1.03. The molecule has 2 rings (SSSR count). The second-order valence-electron chi connectivity index (χ2n) is 3.65. The highest BCUT2D eigenvalue weighted by Gasteiger charge is 2.29. The lowest BCUT2D eigenvalue weighted by Gasteiger charge is -2.28. The summed E-state index contributed by atoms with van der Waals surface area (Å²) < 4.78 is 10.2. The molecular formula is C12H14O3. The normalized spacial score (nSPS) is 25.5. The van der Waals surface area contributed by atoms with Crippen LogP contribution in [0.2, 0.25) is 0 Å². The number of cyclic esters (lactones) is 2. The summed E-state index contributed by atoms with van der Waals surface area (Å²) in [6, 6.07) is 9.77. The van der Waals surface area contributed by atoms with Crippen LogP contribution in [0.25, 0.3) is 0 Å². The summed E-state index contributed by atoms with van der Waals surface area (Å²) in [6.07, 6.45) is 0.848. The van der Waals surface area contributed by atoms with Crippen molar-refractivity contribution in [3.63, 3.8) is 0 Å². The zero-order chi connectivity index (χ0) is 10.7. The van der Waals surface area contributed by atoms with Crippen LogP contribution in [0.3, 0.4) is 0 Å². The molecule has 3 heteroatoms. The van der Waals surface area contributed by atoms with Crippen molar-refractivity contribution in [2.75, 3.05) is 0 Å². The molecule has 0 bridgehead atoms. The minimum absolute atomic E-state index is 0.0172. The Morgan fingerprint density at radius 3 is 2.67 bits per heavy atom. The van der Waals surface area contributed by atoms with E-state index in [1.807, 2.05) is 37.3 Å². The molecule has 0 radical (unpaired) electrons. The molecule has 0 aromatic heterocycles. The van der Waals surface area contributed by atoms with E-state index in [2.05, 4.69) is 0 Å². The molecule has 3 nitrogen and oxygen atoms in total. The van der Waals surface area contributed by atoms with Crippen LogP contribution in [0, 0.1) is 0 Å². The van der Waals surface area contributed by atoms with E-state index in [-0.39, 0.29) is 12.2 Å². The average molecular weight is 206 g/mol. The molecule has 1 aliphatic rings. The van der Waals surface area contributed by atoms with Gasteiger partial charge in [0.1, 0.15) is 12.2 Å². The Kier molecular flexibility index (Phi) is 2.90. The maximum Gasteiger partial charge on any atom is 0.509 e. The highest BCUT2D eigenvalue weighted by atomic mass is 16.7. The Morgan fingerprint density at radius 2 is 2.00 bits per heavy atom. The summed E-state index contributed by atoms with van der Waals surface area (Å²) in [6.45, 7) is 2.01. The minimum atomic E-state index is -0.554. The average Bonchev–Trinajstić information content (AvgIpc) is 2.29. The zero-order valence-electron chi connectivity index (χ0n) is 8.68. The molecule has 1 saturated heterocycles. The van der Waals surface area contributed by atoms with Gasteiger partial charge in [-0.25, -0.2) is 4.79 Å². The van der Waals surface area contributed by atoms with Crippen LogP contribution >= 0.6 is 0 Å². The number of carbonyl (C=O) groups excluding carboxylic acids is 1. The fourth-order valence-electron chi connectivity index (χ4n) is 1.74. The second kappa shape index (κ2) is 4.34. The van der Waals surface area contributed by atoms with E-state index in [9.17, 15) is 4.79 Å². The summed E-state index contributed by atoms with van der Waals surface area (Å²) >= 11 is 0. The molecule has 80 valence electrons. The van der Waals surface area contributed by atoms with E-state index < -0.39 is 6.16 Å². The van der Waals surface area contributed by atoms with Crippen molar-refractivity contribution in [3.05, 3.63) is 35.9 Å². The van der Waals surface area contributed by atoms with Crippen molar-refractivity contribution in [2.24, 2.45) is 0 Å². The van der Waals surface area contributed by atoms with Crippen molar-refractivity contribution >= 4 is 6.16 Å². The summed E-state index contributed by atoms with van der Waals surface area (Å²) in [4.78, 5) is 11.2. The molecule has 1 aromatic rings. The van der Waals surface area contributed by atoms with Crippen molar-refractivity contribution in [2.45, 2.75) is 32.0 Å². The molecule has 15 heavy (non-hydrogen) atoms. The van der Waals surface area contributed by atoms with E-state index in [4.69, 9.17) is 9.47 Å². The topological polar surface area (TPSA) is 35.5 Å². The van der Waals surface area contributed by atoms with Gasteiger partial charge in [0.05, 0.1) is 0 Å². The van der Waals surface area contributed by atoms with Gasteiger partial charge in [-0.3, -0.25) is 0 Å². The molecule has 1 aliphatic heterocycles. The van der Waals surface area contributed by atoms with E-state index in [0.717, 1.165) is 18.4 Å². The van der Waals surface area contributed by atoms with Crippen molar-refractivity contribution in [1.82, 2.24) is 0 Å². The lowest BCUT2D eigenvalue weighted by molar-refractivity contribution is -0.0619. The van der Waals surface area contributed by atoms with Crippen LogP contribution < -0.4 is 0 Å². The largest absolute Gasteiger partial charge is 0.509 e. The van der Waals surface area contributed by atoms with Gasteiger partial charge < -0.3 is 9.47 Å². The van der Waals surface area contributed by atoms with Crippen molar-refractivity contribution in [1.29, 1.82) is 0 Å². The molecular weight excluding hydrogens is 192 g/mol. The Morgan fingerprint density at radius 1 is 1.27 bits per heavy atom. The first kappa shape index (κ1) is 10.0. The molecule has 0 saturated carbocycles. The number of hydrogen-bond acceptors (Lipinski definition) is 3. The lowest BCUT2D eigenvalue weighted by atomic mass is 10.0. The van der Waals surface area contributed by atoms with Gasteiger partial charge in [-0.1, -0.05) is 37.3 Å². The number of carbonyl (C=O) groups is 1. The van der Waals surface area contributed by atoms with Crippen LogP contribution in [0.1, 0.15) is 31.4 Å². The smallest absolute Gasteiger partial charge is 0.431 e. The molecule has 1 heterocycles. The molecule has 0 aliphatic carbocycles. The first-order chi connectivity index (χ1) is 7.29. The molecule has 2 atom stereocenters. The lowest BCUT2D eigenvalue weighted by Crippen LogP contribution is -2.29. The molecule has 0 N–H and O–H groups in total. The fourth-order valence-corrected chi connectivity index (χ4v) is 1.74. The van der Waals surface area contributed by atoms with Gasteiger partial charge in [0, 0.05) is 6.42 Å². The zero-order valence-corrected chi connectivity index (χ0v) is 8.68. The van der Waals surface area contributed by atoms with Crippen LogP contribution in [-0.4, -0.2) is 12.3 Å². The van der Waals surface area contributed by atoms with Crippen molar-refractivity contribution in [3.8, 4) is 0 Å². The number of rotatable bonds is 2. The first-order valence-corrected chi connectivity index (χ1v) is 5.21. The monoisotopic (exact) mass is 206 g/mol. The number of benzene rings is 1. The third-order valence-electron chi connectivity index (χ3n) is 2.61. The Bertz CT molecular complexity index is 334. The third-order valence-corrected chi connectivity index (χ3v) is 2.61. The van der Waals surface area contributed by atoms with Gasteiger partial charge in [0.25, 0.3) is 0 Å². The highest BCUT2D eigenvalue weighted by molar-refractivity contribution is 5.61. The maximum absolute atomic E-state index is 11.2. The maximum atomic E-state index is 11.2. The first-order valence-electron chi connectivity index (χ1n) is 5.21. The van der Waals surface area contributed by atoms with E-state index >= 15 is 0 Å². The molecule has 2 unspecified atom stereocenters. The third kappa shape index (κ3) is 2.29. The number of ether oxygens (including phenoxy) is 2. The van der Waals surface area contributed by atoms with E-state index in [1.165, 1.54) is 0 Å². The van der Waals surface area contributed by atoms with Gasteiger partial charge in [0.2, 0.25) is 0 Å². The van der Waals surface area contributed by atoms with Gasteiger partial charge >= 0.3 is 6.16 Å². The molecule has 0 amide bonds. The Labute approximate surface area is 89.0 Å². The Hall–Kier alpha value is -1.51. The summed E-state index contributed by atoms with van der Waals surface area (Å²) in [7, 11) is 0. The van der Waals surface area contributed by atoms with Crippen LogP contribution in [0.15, 0.2) is 30.3 Å².